The van der Waals surface area contributed by atoms with Gasteiger partial charge in [-0.25, -0.2) is 4.98 Å². The van der Waals surface area contributed by atoms with Gasteiger partial charge in [0.05, 0.1) is 12.2 Å². The van der Waals surface area contributed by atoms with E-state index in [0.29, 0.717) is 18.3 Å². The SMILES string of the molecule is Cc1nc(C2CCN(C(=O)CN3CCC(c4ccccc4)C3)CC2)cc(=O)[nH]1. The molecular formula is C22H28N4O2. The van der Waals surface area contributed by atoms with Crippen molar-refractivity contribution >= 4 is 5.91 Å². The van der Waals surface area contributed by atoms with Gasteiger partial charge >= 0.3 is 0 Å². The molecule has 0 saturated carbocycles. The number of aromatic nitrogens is 2. The van der Waals surface area contributed by atoms with Crippen molar-refractivity contribution in [3.63, 3.8) is 0 Å². The standard InChI is InChI=1S/C22H28N4O2/c1-16-23-20(13-21(27)24-16)18-8-11-26(12-9-18)22(28)15-25-10-7-19(14-25)17-5-3-2-4-6-17/h2-6,13,18-19H,7-12,14-15H2,1H3,(H,23,24,27). The Morgan fingerprint density at radius 3 is 2.54 bits per heavy atom. The van der Waals surface area contributed by atoms with Crippen LogP contribution in [-0.2, 0) is 4.79 Å². The number of carbonyl (C=O) groups excluding carboxylic acids is 1. The molecule has 6 nitrogen and oxygen atoms in total. The van der Waals surface area contributed by atoms with Crippen LogP contribution in [0.4, 0.5) is 0 Å². The molecule has 2 saturated heterocycles. The zero-order valence-electron chi connectivity index (χ0n) is 16.4. The summed E-state index contributed by atoms with van der Waals surface area (Å²) in [5.74, 6) is 1.68. The Hall–Kier alpha value is -2.47. The highest BCUT2D eigenvalue weighted by atomic mass is 16.2. The lowest BCUT2D eigenvalue weighted by Gasteiger charge is -2.32. The highest BCUT2D eigenvalue weighted by Crippen LogP contribution is 2.28. The first-order chi connectivity index (χ1) is 13.6. The Kier molecular flexibility index (Phi) is 5.57. The predicted octanol–water partition coefficient (Wildman–Crippen LogP) is 2.27. The number of H-pyrrole nitrogens is 1. The van der Waals surface area contributed by atoms with E-state index in [4.69, 9.17) is 0 Å². The van der Waals surface area contributed by atoms with Crippen LogP contribution in [0.3, 0.4) is 0 Å². The van der Waals surface area contributed by atoms with Gasteiger partial charge in [-0.3, -0.25) is 14.5 Å². The number of aryl methyl sites for hydroxylation is 1. The van der Waals surface area contributed by atoms with E-state index in [1.54, 1.807) is 6.07 Å². The summed E-state index contributed by atoms with van der Waals surface area (Å²) < 4.78 is 0. The van der Waals surface area contributed by atoms with Gasteiger partial charge in [0.2, 0.25) is 5.91 Å². The molecule has 0 aliphatic carbocycles. The number of carbonyl (C=O) groups is 1. The van der Waals surface area contributed by atoms with E-state index in [1.165, 1.54) is 5.56 Å². The van der Waals surface area contributed by atoms with Gasteiger partial charge in [0.15, 0.2) is 0 Å². The molecule has 0 radical (unpaired) electrons. The number of hydrogen-bond donors (Lipinski definition) is 1. The fourth-order valence-electron chi connectivity index (χ4n) is 4.50. The molecule has 1 aromatic heterocycles. The maximum Gasteiger partial charge on any atom is 0.251 e. The first-order valence-electron chi connectivity index (χ1n) is 10.2. The van der Waals surface area contributed by atoms with Gasteiger partial charge in [-0.1, -0.05) is 30.3 Å². The molecule has 0 bridgehead atoms. The minimum Gasteiger partial charge on any atom is -0.342 e. The van der Waals surface area contributed by atoms with Crippen molar-refractivity contribution in [2.45, 2.75) is 38.0 Å². The third kappa shape index (κ3) is 4.33. The lowest BCUT2D eigenvalue weighted by Crippen LogP contribution is -2.43. The number of hydrogen-bond acceptors (Lipinski definition) is 4. The van der Waals surface area contributed by atoms with Crippen molar-refractivity contribution in [2.75, 3.05) is 32.7 Å². The first kappa shape index (κ1) is 18.9. The molecule has 1 aromatic carbocycles. The lowest BCUT2D eigenvalue weighted by atomic mass is 9.93. The predicted molar refractivity (Wildman–Crippen MR) is 108 cm³/mol. The summed E-state index contributed by atoms with van der Waals surface area (Å²) in [5, 5.41) is 0. The van der Waals surface area contributed by atoms with E-state index < -0.39 is 0 Å². The van der Waals surface area contributed by atoms with Crippen molar-refractivity contribution in [3.8, 4) is 0 Å². The molecule has 0 spiro atoms. The molecule has 6 heteroatoms. The maximum absolute atomic E-state index is 12.8. The highest BCUT2D eigenvalue weighted by molar-refractivity contribution is 5.78. The quantitative estimate of drug-likeness (QED) is 0.884. The summed E-state index contributed by atoms with van der Waals surface area (Å²) >= 11 is 0. The molecule has 148 valence electrons. The molecule has 2 fully saturated rings. The van der Waals surface area contributed by atoms with Gasteiger partial charge < -0.3 is 9.88 Å². The normalized spacial score (nSPS) is 21.2. The Morgan fingerprint density at radius 1 is 1.11 bits per heavy atom. The zero-order chi connectivity index (χ0) is 19.5. The summed E-state index contributed by atoms with van der Waals surface area (Å²) in [6, 6.07) is 12.2. The van der Waals surface area contributed by atoms with Crippen LogP contribution in [0.1, 0.15) is 48.2 Å². The number of rotatable bonds is 4. The number of amides is 1. The molecule has 1 atom stereocenters. The van der Waals surface area contributed by atoms with E-state index >= 15 is 0 Å². The molecule has 4 rings (SSSR count). The van der Waals surface area contributed by atoms with E-state index in [2.05, 4.69) is 39.1 Å². The van der Waals surface area contributed by atoms with Gasteiger partial charge in [0, 0.05) is 31.6 Å². The van der Waals surface area contributed by atoms with Crippen LogP contribution in [0.25, 0.3) is 0 Å². The maximum atomic E-state index is 12.8. The Labute approximate surface area is 165 Å². The van der Waals surface area contributed by atoms with Crippen molar-refractivity contribution in [3.05, 3.63) is 63.8 Å². The van der Waals surface area contributed by atoms with Crippen LogP contribution in [0.5, 0.6) is 0 Å². The Balaban J connectivity index is 1.28. The summed E-state index contributed by atoms with van der Waals surface area (Å²) in [5.41, 5.74) is 2.14. The minimum atomic E-state index is -0.0944. The third-order valence-corrected chi connectivity index (χ3v) is 6.05. The second kappa shape index (κ2) is 8.27. The Bertz CT molecular complexity index is 872. The number of aromatic amines is 1. The number of piperidine rings is 1. The van der Waals surface area contributed by atoms with Crippen molar-refractivity contribution in [2.24, 2.45) is 0 Å². The van der Waals surface area contributed by atoms with Crippen LogP contribution in [0.15, 0.2) is 41.2 Å². The lowest BCUT2D eigenvalue weighted by molar-refractivity contribution is -0.133. The fourth-order valence-corrected chi connectivity index (χ4v) is 4.50. The summed E-state index contributed by atoms with van der Waals surface area (Å²) in [7, 11) is 0. The second-order valence-electron chi connectivity index (χ2n) is 8.04. The van der Waals surface area contributed by atoms with Crippen LogP contribution in [0, 0.1) is 6.92 Å². The molecular weight excluding hydrogens is 352 g/mol. The molecule has 1 unspecified atom stereocenters. The summed E-state index contributed by atoms with van der Waals surface area (Å²) in [6.07, 6.45) is 2.86. The van der Waals surface area contributed by atoms with Gasteiger partial charge in [-0.2, -0.15) is 0 Å². The first-order valence-corrected chi connectivity index (χ1v) is 10.2. The number of benzene rings is 1. The molecule has 2 aliphatic heterocycles. The molecule has 1 amide bonds. The van der Waals surface area contributed by atoms with Crippen LogP contribution in [-0.4, -0.2) is 58.4 Å². The second-order valence-corrected chi connectivity index (χ2v) is 8.04. The van der Waals surface area contributed by atoms with Crippen molar-refractivity contribution in [1.29, 1.82) is 0 Å². The van der Waals surface area contributed by atoms with Gasteiger partial charge in [0.1, 0.15) is 5.82 Å². The largest absolute Gasteiger partial charge is 0.342 e. The van der Waals surface area contributed by atoms with E-state index in [-0.39, 0.29) is 17.4 Å². The Morgan fingerprint density at radius 2 is 1.82 bits per heavy atom. The fraction of sp³-hybridized carbons (Fsp3) is 0.500. The van der Waals surface area contributed by atoms with Crippen LogP contribution < -0.4 is 5.56 Å². The van der Waals surface area contributed by atoms with Gasteiger partial charge in [-0.05, 0) is 44.2 Å². The molecule has 1 N–H and O–H groups in total. The number of likely N-dealkylation sites (tertiary alicyclic amines) is 2. The molecule has 3 heterocycles. The zero-order valence-corrected chi connectivity index (χ0v) is 16.4. The average Bonchev–Trinajstić information content (AvgIpc) is 3.16. The van der Waals surface area contributed by atoms with Gasteiger partial charge in [-0.15, -0.1) is 0 Å². The monoisotopic (exact) mass is 380 g/mol. The van der Waals surface area contributed by atoms with E-state index in [9.17, 15) is 9.59 Å². The topological polar surface area (TPSA) is 69.3 Å². The summed E-state index contributed by atoms with van der Waals surface area (Å²) in [6.45, 7) is 5.75. The van der Waals surface area contributed by atoms with E-state index in [0.717, 1.165) is 51.1 Å². The average molecular weight is 380 g/mol. The van der Waals surface area contributed by atoms with Crippen molar-refractivity contribution in [1.82, 2.24) is 19.8 Å². The van der Waals surface area contributed by atoms with Crippen LogP contribution in [0.2, 0.25) is 0 Å². The molecule has 2 aromatic rings. The van der Waals surface area contributed by atoms with Gasteiger partial charge in [0.25, 0.3) is 5.56 Å². The highest BCUT2D eigenvalue weighted by Gasteiger charge is 2.29. The minimum absolute atomic E-state index is 0.0944. The molecule has 2 aliphatic rings. The van der Waals surface area contributed by atoms with Crippen LogP contribution >= 0.6 is 0 Å². The number of nitrogens with one attached hydrogen (secondary N) is 1. The van der Waals surface area contributed by atoms with E-state index in [1.807, 2.05) is 17.9 Å². The summed E-state index contributed by atoms with van der Waals surface area (Å²) in [4.78, 5) is 35.9. The van der Waals surface area contributed by atoms with Crippen molar-refractivity contribution < 1.29 is 4.79 Å². The number of nitrogens with zero attached hydrogens (tertiary/aromatic N) is 3. The third-order valence-electron chi connectivity index (χ3n) is 6.05. The smallest absolute Gasteiger partial charge is 0.251 e. The molecule has 28 heavy (non-hydrogen) atoms.